The van der Waals surface area contributed by atoms with Gasteiger partial charge in [0.2, 0.25) is 0 Å². The van der Waals surface area contributed by atoms with Gasteiger partial charge in [-0.2, -0.15) is 0 Å². The first kappa shape index (κ1) is 16.8. The molecule has 0 radical (unpaired) electrons. The number of piperidine rings is 1. The molecule has 0 aliphatic carbocycles. The van der Waals surface area contributed by atoms with Crippen LogP contribution >= 0.6 is 0 Å². The highest BCUT2D eigenvalue weighted by Crippen LogP contribution is 2.19. The van der Waals surface area contributed by atoms with Gasteiger partial charge in [0.1, 0.15) is 5.75 Å². The minimum Gasteiger partial charge on any atom is -0.493 e. The number of Topliss-reactive ketones (excluding diaryl/α,β-unsaturated/α-hetero) is 1. The number of rotatable bonds is 6. The summed E-state index contributed by atoms with van der Waals surface area (Å²) in [7, 11) is 0. The van der Waals surface area contributed by atoms with Crippen molar-refractivity contribution in [2.45, 2.75) is 33.6 Å². The molecule has 0 amide bonds. The van der Waals surface area contributed by atoms with Gasteiger partial charge in [-0.25, -0.2) is 0 Å². The Morgan fingerprint density at radius 2 is 2.00 bits per heavy atom. The van der Waals surface area contributed by atoms with Crippen LogP contribution < -0.4 is 4.74 Å². The highest BCUT2D eigenvalue weighted by molar-refractivity contribution is 6.00. The number of hydrogen-bond donors (Lipinski definition) is 0. The molecule has 1 heterocycles. The third-order valence-corrected chi connectivity index (χ3v) is 3.75. The van der Waals surface area contributed by atoms with E-state index in [-0.39, 0.29) is 5.78 Å². The summed E-state index contributed by atoms with van der Waals surface area (Å²) in [6, 6.07) is 8.00. The SMILES string of the molecule is CCCN1CCC(=O)/C(=C/c2ccc(OCC(C)C)cc2)C1. The van der Waals surface area contributed by atoms with E-state index >= 15 is 0 Å². The van der Waals surface area contributed by atoms with E-state index in [2.05, 4.69) is 25.7 Å². The Labute approximate surface area is 134 Å². The number of ether oxygens (including phenoxy) is 1. The monoisotopic (exact) mass is 301 g/mol. The molecule has 0 spiro atoms. The quantitative estimate of drug-likeness (QED) is 0.749. The molecule has 1 aromatic carbocycles. The second kappa shape index (κ2) is 8.14. The van der Waals surface area contributed by atoms with Gasteiger partial charge in [-0.15, -0.1) is 0 Å². The predicted molar refractivity (Wildman–Crippen MR) is 91.1 cm³/mol. The van der Waals surface area contributed by atoms with E-state index < -0.39 is 0 Å². The van der Waals surface area contributed by atoms with Gasteiger partial charge < -0.3 is 4.74 Å². The van der Waals surface area contributed by atoms with E-state index in [1.807, 2.05) is 30.3 Å². The topological polar surface area (TPSA) is 29.5 Å². The summed E-state index contributed by atoms with van der Waals surface area (Å²) < 4.78 is 5.69. The van der Waals surface area contributed by atoms with Crippen molar-refractivity contribution in [2.75, 3.05) is 26.2 Å². The fourth-order valence-corrected chi connectivity index (χ4v) is 2.59. The standard InChI is InChI=1S/C19H27NO2/c1-4-10-20-11-9-19(21)17(13-20)12-16-5-7-18(8-6-16)22-14-15(2)3/h5-8,12,15H,4,9-11,13-14H2,1-3H3/b17-12+. The normalized spacial score (nSPS) is 18.2. The molecule has 0 N–H and O–H groups in total. The van der Waals surface area contributed by atoms with Crippen LogP contribution in [0.15, 0.2) is 29.8 Å². The zero-order chi connectivity index (χ0) is 15.9. The Morgan fingerprint density at radius 3 is 2.64 bits per heavy atom. The molecule has 1 fully saturated rings. The van der Waals surface area contributed by atoms with Crippen LogP contribution in [-0.4, -0.2) is 36.9 Å². The van der Waals surface area contributed by atoms with Crippen LogP contribution in [0.25, 0.3) is 6.08 Å². The van der Waals surface area contributed by atoms with Crippen LogP contribution in [0.3, 0.4) is 0 Å². The van der Waals surface area contributed by atoms with Crippen molar-refractivity contribution in [3.05, 3.63) is 35.4 Å². The van der Waals surface area contributed by atoms with Crippen molar-refractivity contribution in [1.29, 1.82) is 0 Å². The van der Waals surface area contributed by atoms with Gasteiger partial charge in [-0.3, -0.25) is 9.69 Å². The molecule has 22 heavy (non-hydrogen) atoms. The molecule has 0 bridgehead atoms. The molecule has 0 aromatic heterocycles. The minimum atomic E-state index is 0.285. The summed E-state index contributed by atoms with van der Waals surface area (Å²) >= 11 is 0. The first-order valence-corrected chi connectivity index (χ1v) is 8.27. The van der Waals surface area contributed by atoms with Gasteiger partial charge in [0.15, 0.2) is 5.78 Å². The Balaban J connectivity index is 2.02. The lowest BCUT2D eigenvalue weighted by atomic mass is 10.00. The maximum absolute atomic E-state index is 12.1. The smallest absolute Gasteiger partial charge is 0.161 e. The molecule has 0 saturated carbocycles. The zero-order valence-electron chi connectivity index (χ0n) is 14.0. The number of nitrogens with zero attached hydrogens (tertiary/aromatic N) is 1. The molecule has 1 aromatic rings. The van der Waals surface area contributed by atoms with Crippen LogP contribution in [-0.2, 0) is 4.79 Å². The third kappa shape index (κ3) is 4.99. The number of benzene rings is 1. The number of likely N-dealkylation sites (tertiary alicyclic amines) is 1. The fourth-order valence-electron chi connectivity index (χ4n) is 2.59. The number of carbonyl (C=O) groups is 1. The molecule has 1 aliphatic heterocycles. The highest BCUT2D eigenvalue weighted by Gasteiger charge is 2.20. The van der Waals surface area contributed by atoms with Crippen LogP contribution in [0.2, 0.25) is 0 Å². The lowest BCUT2D eigenvalue weighted by Crippen LogP contribution is -2.36. The third-order valence-electron chi connectivity index (χ3n) is 3.75. The second-order valence-corrected chi connectivity index (χ2v) is 6.39. The Morgan fingerprint density at radius 1 is 1.27 bits per heavy atom. The lowest BCUT2D eigenvalue weighted by Gasteiger charge is -2.27. The van der Waals surface area contributed by atoms with Crippen LogP contribution in [0, 0.1) is 5.92 Å². The van der Waals surface area contributed by atoms with Gasteiger partial charge in [-0.1, -0.05) is 32.9 Å². The van der Waals surface area contributed by atoms with E-state index in [1.54, 1.807) is 0 Å². The first-order chi connectivity index (χ1) is 10.6. The molecule has 0 atom stereocenters. The van der Waals surface area contributed by atoms with Gasteiger partial charge in [-0.05, 0) is 42.7 Å². The molecular weight excluding hydrogens is 274 g/mol. The fraction of sp³-hybridized carbons (Fsp3) is 0.526. The van der Waals surface area contributed by atoms with E-state index in [4.69, 9.17) is 4.74 Å². The largest absolute Gasteiger partial charge is 0.493 e. The van der Waals surface area contributed by atoms with E-state index in [0.717, 1.165) is 49.5 Å². The predicted octanol–water partition coefficient (Wildman–Crippen LogP) is 3.79. The Hall–Kier alpha value is -1.61. The number of hydrogen-bond acceptors (Lipinski definition) is 3. The maximum atomic E-state index is 12.1. The van der Waals surface area contributed by atoms with E-state index in [0.29, 0.717) is 12.3 Å². The average molecular weight is 301 g/mol. The average Bonchev–Trinajstić information content (AvgIpc) is 2.50. The Bertz CT molecular complexity index is 517. The van der Waals surface area contributed by atoms with Crippen molar-refractivity contribution in [3.63, 3.8) is 0 Å². The van der Waals surface area contributed by atoms with Crippen molar-refractivity contribution >= 4 is 11.9 Å². The molecule has 2 rings (SSSR count). The number of ketones is 1. The summed E-state index contributed by atoms with van der Waals surface area (Å²) in [4.78, 5) is 14.4. The van der Waals surface area contributed by atoms with Crippen molar-refractivity contribution < 1.29 is 9.53 Å². The summed E-state index contributed by atoms with van der Waals surface area (Å²) in [5, 5.41) is 0. The van der Waals surface area contributed by atoms with Crippen molar-refractivity contribution in [3.8, 4) is 5.75 Å². The van der Waals surface area contributed by atoms with Gasteiger partial charge in [0, 0.05) is 25.1 Å². The summed E-state index contributed by atoms with van der Waals surface area (Å²) in [5.74, 6) is 1.69. The van der Waals surface area contributed by atoms with Crippen LogP contribution in [0.4, 0.5) is 0 Å². The first-order valence-electron chi connectivity index (χ1n) is 8.27. The highest BCUT2D eigenvalue weighted by atomic mass is 16.5. The van der Waals surface area contributed by atoms with Crippen LogP contribution in [0.1, 0.15) is 39.2 Å². The molecule has 3 nitrogen and oxygen atoms in total. The maximum Gasteiger partial charge on any atom is 0.161 e. The minimum absolute atomic E-state index is 0.285. The van der Waals surface area contributed by atoms with Gasteiger partial charge in [0.25, 0.3) is 0 Å². The molecule has 3 heteroatoms. The molecule has 120 valence electrons. The van der Waals surface area contributed by atoms with Crippen molar-refractivity contribution in [1.82, 2.24) is 4.90 Å². The molecular formula is C19H27NO2. The summed E-state index contributed by atoms with van der Waals surface area (Å²) in [6.07, 6.45) is 3.79. The van der Waals surface area contributed by atoms with Crippen molar-refractivity contribution in [2.24, 2.45) is 5.92 Å². The number of carbonyl (C=O) groups excluding carboxylic acids is 1. The zero-order valence-corrected chi connectivity index (χ0v) is 14.0. The van der Waals surface area contributed by atoms with Gasteiger partial charge in [0.05, 0.1) is 6.61 Å². The molecule has 1 saturated heterocycles. The van der Waals surface area contributed by atoms with Gasteiger partial charge >= 0.3 is 0 Å². The van der Waals surface area contributed by atoms with Crippen LogP contribution in [0.5, 0.6) is 5.75 Å². The summed E-state index contributed by atoms with van der Waals surface area (Å²) in [5.41, 5.74) is 1.99. The Kier molecular flexibility index (Phi) is 6.20. The van der Waals surface area contributed by atoms with E-state index in [9.17, 15) is 4.79 Å². The molecule has 1 aliphatic rings. The second-order valence-electron chi connectivity index (χ2n) is 6.39. The van der Waals surface area contributed by atoms with E-state index in [1.165, 1.54) is 0 Å². The molecule has 0 unspecified atom stereocenters. The lowest BCUT2D eigenvalue weighted by molar-refractivity contribution is -0.117. The summed E-state index contributed by atoms with van der Waals surface area (Å²) in [6.45, 7) is 9.91.